The van der Waals surface area contributed by atoms with E-state index in [1.165, 1.54) is 12.8 Å². The largest absolute Gasteiger partial charge is 0.351 e. The molecule has 0 spiro atoms. The predicted octanol–water partition coefficient (Wildman–Crippen LogP) is 3.04. The van der Waals surface area contributed by atoms with Crippen molar-refractivity contribution in [2.75, 3.05) is 13.1 Å². The molecule has 94 valence electrons. The molecule has 1 aromatic heterocycles. The Morgan fingerprint density at radius 2 is 2.17 bits per heavy atom. The van der Waals surface area contributed by atoms with Crippen LogP contribution in [0.2, 0.25) is 0 Å². The van der Waals surface area contributed by atoms with Gasteiger partial charge in [0.05, 0.1) is 0 Å². The molecule has 0 saturated heterocycles. The van der Waals surface area contributed by atoms with E-state index in [1.807, 2.05) is 42.2 Å². The molecule has 1 aliphatic rings. The average Bonchev–Trinajstić information content (AvgIpc) is 3.10. The van der Waals surface area contributed by atoms with E-state index in [1.54, 1.807) is 0 Å². The molecule has 0 unspecified atom stereocenters. The van der Waals surface area contributed by atoms with Gasteiger partial charge in [-0.2, -0.15) is 0 Å². The Bertz CT molecular complexity index is 536. The molecule has 0 radical (unpaired) electrons. The fraction of sp³-hybridized carbons (Fsp3) is 0.400. The molecule has 0 aliphatic heterocycles. The first kappa shape index (κ1) is 11.3. The average molecular weight is 242 g/mol. The zero-order valence-electron chi connectivity index (χ0n) is 10.6. The molecule has 3 rings (SSSR count). The molecule has 1 heterocycles. The van der Waals surface area contributed by atoms with Crippen LogP contribution in [-0.4, -0.2) is 28.9 Å². The van der Waals surface area contributed by atoms with E-state index in [0.29, 0.717) is 5.69 Å². The SMILES string of the molecule is CCN(CC1CC1)C(=O)c1cc2ccccc2[nH]1. The van der Waals surface area contributed by atoms with Crippen molar-refractivity contribution in [3.05, 3.63) is 36.0 Å². The maximum atomic E-state index is 12.4. The highest BCUT2D eigenvalue weighted by Crippen LogP contribution is 2.30. The standard InChI is InChI=1S/C15H18N2O/c1-2-17(10-11-7-8-11)15(18)14-9-12-5-3-4-6-13(12)16-14/h3-6,9,11,16H,2,7-8,10H2,1H3. The number of para-hydroxylation sites is 1. The molecule has 0 bridgehead atoms. The zero-order valence-corrected chi connectivity index (χ0v) is 10.6. The van der Waals surface area contributed by atoms with E-state index in [2.05, 4.69) is 4.98 Å². The topological polar surface area (TPSA) is 36.1 Å². The van der Waals surface area contributed by atoms with E-state index in [9.17, 15) is 4.79 Å². The number of H-pyrrole nitrogens is 1. The minimum Gasteiger partial charge on any atom is -0.351 e. The second-order valence-corrected chi connectivity index (χ2v) is 5.06. The van der Waals surface area contributed by atoms with Gasteiger partial charge in [0.25, 0.3) is 5.91 Å². The minimum atomic E-state index is 0.126. The third kappa shape index (κ3) is 2.13. The Balaban J connectivity index is 1.85. The van der Waals surface area contributed by atoms with Gasteiger partial charge in [0.2, 0.25) is 0 Å². The van der Waals surface area contributed by atoms with Crippen LogP contribution in [0.4, 0.5) is 0 Å². The number of hydrogen-bond acceptors (Lipinski definition) is 1. The summed E-state index contributed by atoms with van der Waals surface area (Å²) in [7, 11) is 0. The fourth-order valence-corrected chi connectivity index (χ4v) is 2.33. The van der Waals surface area contributed by atoms with E-state index >= 15 is 0 Å². The van der Waals surface area contributed by atoms with E-state index in [0.717, 1.165) is 29.9 Å². The van der Waals surface area contributed by atoms with Crippen molar-refractivity contribution in [1.29, 1.82) is 0 Å². The van der Waals surface area contributed by atoms with Crippen LogP contribution in [-0.2, 0) is 0 Å². The number of rotatable bonds is 4. The summed E-state index contributed by atoms with van der Waals surface area (Å²) in [6, 6.07) is 9.96. The molecular weight excluding hydrogens is 224 g/mol. The van der Waals surface area contributed by atoms with Crippen molar-refractivity contribution in [3.63, 3.8) is 0 Å². The van der Waals surface area contributed by atoms with Gasteiger partial charge in [0.15, 0.2) is 0 Å². The highest BCUT2D eigenvalue weighted by Gasteiger charge is 2.26. The number of nitrogens with one attached hydrogen (secondary N) is 1. The molecule has 0 atom stereocenters. The van der Waals surface area contributed by atoms with E-state index < -0.39 is 0 Å². The number of benzene rings is 1. The monoisotopic (exact) mass is 242 g/mol. The molecule has 2 aromatic rings. The molecular formula is C15H18N2O. The number of hydrogen-bond donors (Lipinski definition) is 1. The molecule has 1 saturated carbocycles. The second-order valence-electron chi connectivity index (χ2n) is 5.06. The Labute approximate surface area is 107 Å². The van der Waals surface area contributed by atoms with Crippen molar-refractivity contribution < 1.29 is 4.79 Å². The predicted molar refractivity (Wildman–Crippen MR) is 72.6 cm³/mol. The van der Waals surface area contributed by atoms with Crippen LogP contribution in [0.5, 0.6) is 0 Å². The summed E-state index contributed by atoms with van der Waals surface area (Å²) in [5, 5.41) is 1.10. The van der Waals surface area contributed by atoms with Crippen molar-refractivity contribution >= 4 is 16.8 Å². The summed E-state index contributed by atoms with van der Waals surface area (Å²) in [6.45, 7) is 3.73. The number of carbonyl (C=O) groups is 1. The van der Waals surface area contributed by atoms with Crippen LogP contribution in [0, 0.1) is 5.92 Å². The Morgan fingerprint density at radius 1 is 1.39 bits per heavy atom. The van der Waals surface area contributed by atoms with Gasteiger partial charge in [0, 0.05) is 24.0 Å². The van der Waals surface area contributed by atoms with Crippen LogP contribution in [0.25, 0.3) is 10.9 Å². The fourth-order valence-electron chi connectivity index (χ4n) is 2.33. The first-order valence-electron chi connectivity index (χ1n) is 6.65. The molecule has 1 amide bonds. The van der Waals surface area contributed by atoms with Gasteiger partial charge in [-0.05, 0) is 37.8 Å². The summed E-state index contributed by atoms with van der Waals surface area (Å²) >= 11 is 0. The molecule has 1 fully saturated rings. The molecule has 3 heteroatoms. The number of aromatic nitrogens is 1. The quantitative estimate of drug-likeness (QED) is 0.879. The molecule has 18 heavy (non-hydrogen) atoms. The van der Waals surface area contributed by atoms with Crippen LogP contribution in [0.15, 0.2) is 30.3 Å². The first-order valence-corrected chi connectivity index (χ1v) is 6.65. The molecule has 1 aliphatic carbocycles. The zero-order chi connectivity index (χ0) is 12.5. The van der Waals surface area contributed by atoms with Gasteiger partial charge in [-0.15, -0.1) is 0 Å². The smallest absolute Gasteiger partial charge is 0.270 e. The first-order chi connectivity index (χ1) is 8.78. The van der Waals surface area contributed by atoms with Crippen molar-refractivity contribution in [3.8, 4) is 0 Å². The lowest BCUT2D eigenvalue weighted by Crippen LogP contribution is -2.32. The number of carbonyl (C=O) groups excluding carboxylic acids is 1. The highest BCUT2D eigenvalue weighted by molar-refractivity contribution is 5.98. The van der Waals surface area contributed by atoms with Crippen molar-refractivity contribution in [1.82, 2.24) is 9.88 Å². The summed E-state index contributed by atoms with van der Waals surface area (Å²) in [6.07, 6.45) is 2.55. The van der Waals surface area contributed by atoms with Gasteiger partial charge in [-0.3, -0.25) is 4.79 Å². The number of fused-ring (bicyclic) bond motifs is 1. The Kier molecular flexibility index (Phi) is 2.82. The van der Waals surface area contributed by atoms with Crippen molar-refractivity contribution in [2.24, 2.45) is 5.92 Å². The van der Waals surface area contributed by atoms with Crippen LogP contribution in [0.3, 0.4) is 0 Å². The van der Waals surface area contributed by atoms with E-state index in [4.69, 9.17) is 0 Å². The maximum absolute atomic E-state index is 12.4. The summed E-state index contributed by atoms with van der Waals surface area (Å²) in [5.41, 5.74) is 1.74. The summed E-state index contributed by atoms with van der Waals surface area (Å²) in [5.74, 6) is 0.860. The third-order valence-electron chi connectivity index (χ3n) is 3.60. The lowest BCUT2D eigenvalue weighted by molar-refractivity contribution is 0.0752. The van der Waals surface area contributed by atoms with Gasteiger partial charge in [0.1, 0.15) is 5.69 Å². The van der Waals surface area contributed by atoms with Gasteiger partial charge in [-0.1, -0.05) is 18.2 Å². The third-order valence-corrected chi connectivity index (χ3v) is 3.60. The number of aromatic amines is 1. The normalized spacial score (nSPS) is 14.9. The Hall–Kier alpha value is -1.77. The molecule has 3 nitrogen and oxygen atoms in total. The lowest BCUT2D eigenvalue weighted by Gasteiger charge is -2.19. The number of amides is 1. The second kappa shape index (κ2) is 4.48. The highest BCUT2D eigenvalue weighted by atomic mass is 16.2. The Morgan fingerprint density at radius 3 is 2.83 bits per heavy atom. The van der Waals surface area contributed by atoms with Gasteiger partial charge < -0.3 is 9.88 Å². The maximum Gasteiger partial charge on any atom is 0.270 e. The number of nitrogens with zero attached hydrogens (tertiary/aromatic N) is 1. The molecule has 1 N–H and O–H groups in total. The van der Waals surface area contributed by atoms with Crippen molar-refractivity contribution in [2.45, 2.75) is 19.8 Å². The van der Waals surface area contributed by atoms with E-state index in [-0.39, 0.29) is 5.91 Å². The summed E-state index contributed by atoms with van der Waals surface area (Å²) < 4.78 is 0. The lowest BCUT2D eigenvalue weighted by atomic mass is 10.2. The van der Waals surface area contributed by atoms with Gasteiger partial charge >= 0.3 is 0 Å². The van der Waals surface area contributed by atoms with Crippen LogP contribution >= 0.6 is 0 Å². The van der Waals surface area contributed by atoms with Crippen LogP contribution in [0.1, 0.15) is 30.3 Å². The van der Waals surface area contributed by atoms with Crippen LogP contribution < -0.4 is 0 Å². The summed E-state index contributed by atoms with van der Waals surface area (Å²) in [4.78, 5) is 17.6. The van der Waals surface area contributed by atoms with Gasteiger partial charge in [-0.25, -0.2) is 0 Å². The minimum absolute atomic E-state index is 0.126. The molecule has 1 aromatic carbocycles.